The molecule has 1 aromatic rings. The summed E-state index contributed by atoms with van der Waals surface area (Å²) in [5.74, 6) is 0. The molecule has 0 radical (unpaired) electrons. The molecule has 0 unspecified atom stereocenters. The van der Waals surface area contributed by atoms with Gasteiger partial charge in [-0.15, -0.1) is 0 Å². The Labute approximate surface area is 110 Å². The van der Waals surface area contributed by atoms with Crippen LogP contribution in [0.15, 0.2) is 24.3 Å². The summed E-state index contributed by atoms with van der Waals surface area (Å²) >= 11 is 0. The van der Waals surface area contributed by atoms with Crippen molar-refractivity contribution >= 4 is 0 Å². The van der Waals surface area contributed by atoms with Gasteiger partial charge in [0.2, 0.25) is 0 Å². The van der Waals surface area contributed by atoms with Crippen molar-refractivity contribution in [2.45, 2.75) is 39.0 Å². The highest BCUT2D eigenvalue weighted by molar-refractivity contribution is 5.29. The number of morpholine rings is 1. The van der Waals surface area contributed by atoms with Gasteiger partial charge in [-0.3, -0.25) is 4.90 Å². The minimum Gasteiger partial charge on any atom is -0.373 e. The molecule has 1 aliphatic heterocycles. The largest absolute Gasteiger partial charge is 0.373 e. The number of nitrogens with zero attached hydrogens (tertiary/aromatic N) is 1. The van der Waals surface area contributed by atoms with Crippen molar-refractivity contribution in [2.24, 2.45) is 5.73 Å². The molecule has 0 saturated carbocycles. The predicted octanol–water partition coefficient (Wildman–Crippen LogP) is 2.10. The standard InChI is InChI=1S/C15H24N2O/c1-11-6-4-5-7-14(11)15(8-16)17-9-12(2)18-13(3)10-17/h4-7,12-13,15H,8-10,16H2,1-3H3/t12-,13-,15-/m1/s1. The van der Waals surface area contributed by atoms with Crippen LogP contribution < -0.4 is 5.73 Å². The highest BCUT2D eigenvalue weighted by atomic mass is 16.5. The molecule has 100 valence electrons. The Kier molecular flexibility index (Phi) is 4.38. The second kappa shape index (κ2) is 5.83. The average molecular weight is 248 g/mol. The summed E-state index contributed by atoms with van der Waals surface area (Å²) < 4.78 is 5.79. The molecular weight excluding hydrogens is 224 g/mol. The maximum atomic E-state index is 6.01. The predicted molar refractivity (Wildman–Crippen MR) is 74.6 cm³/mol. The van der Waals surface area contributed by atoms with Crippen LogP contribution in [-0.2, 0) is 4.74 Å². The summed E-state index contributed by atoms with van der Waals surface area (Å²) in [7, 11) is 0. The minimum atomic E-state index is 0.284. The van der Waals surface area contributed by atoms with E-state index in [1.807, 2.05) is 0 Å². The third kappa shape index (κ3) is 2.91. The van der Waals surface area contributed by atoms with Gasteiger partial charge in [-0.25, -0.2) is 0 Å². The first-order chi connectivity index (χ1) is 8.61. The van der Waals surface area contributed by atoms with E-state index in [-0.39, 0.29) is 12.2 Å². The fourth-order valence-electron chi connectivity index (χ4n) is 2.91. The molecule has 0 aliphatic carbocycles. The van der Waals surface area contributed by atoms with Crippen molar-refractivity contribution < 1.29 is 4.74 Å². The van der Waals surface area contributed by atoms with Crippen molar-refractivity contribution in [2.75, 3.05) is 19.6 Å². The molecule has 3 heteroatoms. The van der Waals surface area contributed by atoms with Crippen LogP contribution in [0.25, 0.3) is 0 Å². The van der Waals surface area contributed by atoms with Gasteiger partial charge in [0.05, 0.1) is 12.2 Å². The van der Waals surface area contributed by atoms with Crippen molar-refractivity contribution in [1.82, 2.24) is 4.90 Å². The minimum absolute atomic E-state index is 0.284. The normalized spacial score (nSPS) is 27.1. The van der Waals surface area contributed by atoms with Crippen LogP contribution in [-0.4, -0.2) is 36.7 Å². The Bertz CT molecular complexity index is 384. The number of benzene rings is 1. The highest BCUT2D eigenvalue weighted by Crippen LogP contribution is 2.26. The van der Waals surface area contributed by atoms with Crippen LogP contribution in [0.3, 0.4) is 0 Å². The summed E-state index contributed by atoms with van der Waals surface area (Å²) in [6.07, 6.45) is 0.568. The van der Waals surface area contributed by atoms with Gasteiger partial charge in [0.15, 0.2) is 0 Å². The van der Waals surface area contributed by atoms with E-state index in [4.69, 9.17) is 10.5 Å². The molecule has 1 heterocycles. The summed E-state index contributed by atoms with van der Waals surface area (Å²) in [6, 6.07) is 8.83. The Morgan fingerprint density at radius 2 is 1.89 bits per heavy atom. The molecule has 18 heavy (non-hydrogen) atoms. The van der Waals surface area contributed by atoms with Crippen LogP contribution in [0.5, 0.6) is 0 Å². The summed E-state index contributed by atoms with van der Waals surface area (Å²) in [5.41, 5.74) is 8.68. The average Bonchev–Trinajstić information content (AvgIpc) is 2.31. The number of nitrogens with two attached hydrogens (primary N) is 1. The van der Waals surface area contributed by atoms with E-state index in [0.29, 0.717) is 12.6 Å². The van der Waals surface area contributed by atoms with Gasteiger partial charge < -0.3 is 10.5 Å². The zero-order valence-corrected chi connectivity index (χ0v) is 11.6. The Balaban J connectivity index is 2.20. The molecule has 1 aliphatic rings. The van der Waals surface area contributed by atoms with Crippen molar-refractivity contribution in [3.8, 4) is 0 Å². The first-order valence-electron chi connectivity index (χ1n) is 6.77. The monoisotopic (exact) mass is 248 g/mol. The fourth-order valence-corrected chi connectivity index (χ4v) is 2.91. The number of rotatable bonds is 3. The van der Waals surface area contributed by atoms with Gasteiger partial charge in [-0.2, -0.15) is 0 Å². The third-order valence-corrected chi connectivity index (χ3v) is 3.66. The maximum Gasteiger partial charge on any atom is 0.0678 e. The van der Waals surface area contributed by atoms with E-state index in [2.05, 4.69) is 49.9 Å². The molecule has 1 aromatic carbocycles. The van der Waals surface area contributed by atoms with Crippen molar-refractivity contribution in [1.29, 1.82) is 0 Å². The fraction of sp³-hybridized carbons (Fsp3) is 0.600. The Hall–Kier alpha value is -0.900. The number of hydrogen-bond acceptors (Lipinski definition) is 3. The van der Waals surface area contributed by atoms with E-state index in [0.717, 1.165) is 13.1 Å². The molecule has 0 bridgehead atoms. The zero-order valence-electron chi connectivity index (χ0n) is 11.6. The number of hydrogen-bond donors (Lipinski definition) is 1. The molecule has 1 saturated heterocycles. The Morgan fingerprint density at radius 1 is 1.28 bits per heavy atom. The first kappa shape index (κ1) is 13.5. The zero-order chi connectivity index (χ0) is 13.1. The van der Waals surface area contributed by atoms with Gasteiger partial charge in [0.25, 0.3) is 0 Å². The van der Waals surface area contributed by atoms with E-state index < -0.39 is 0 Å². The molecule has 0 amide bonds. The van der Waals surface area contributed by atoms with E-state index >= 15 is 0 Å². The smallest absolute Gasteiger partial charge is 0.0678 e. The van der Waals surface area contributed by atoms with Crippen LogP contribution in [0.2, 0.25) is 0 Å². The molecule has 0 aromatic heterocycles. The van der Waals surface area contributed by atoms with Crippen LogP contribution in [0.1, 0.15) is 31.0 Å². The van der Waals surface area contributed by atoms with Crippen LogP contribution in [0, 0.1) is 6.92 Å². The molecule has 3 atom stereocenters. The van der Waals surface area contributed by atoms with Gasteiger partial charge in [0.1, 0.15) is 0 Å². The van der Waals surface area contributed by atoms with E-state index in [9.17, 15) is 0 Å². The second-order valence-corrected chi connectivity index (χ2v) is 5.32. The third-order valence-electron chi connectivity index (χ3n) is 3.66. The van der Waals surface area contributed by atoms with Crippen molar-refractivity contribution in [3.63, 3.8) is 0 Å². The van der Waals surface area contributed by atoms with Gasteiger partial charge in [-0.1, -0.05) is 24.3 Å². The molecular formula is C15H24N2O. The molecule has 1 fully saturated rings. The van der Waals surface area contributed by atoms with Gasteiger partial charge >= 0.3 is 0 Å². The lowest BCUT2D eigenvalue weighted by atomic mass is 9.99. The van der Waals surface area contributed by atoms with Crippen LogP contribution in [0.4, 0.5) is 0 Å². The summed E-state index contributed by atoms with van der Waals surface area (Å²) in [6.45, 7) is 9.00. The SMILES string of the molecule is Cc1ccccc1[C@@H](CN)N1C[C@@H](C)O[C@H](C)C1. The van der Waals surface area contributed by atoms with Gasteiger partial charge in [-0.05, 0) is 31.9 Å². The first-order valence-corrected chi connectivity index (χ1v) is 6.77. The van der Waals surface area contributed by atoms with Crippen LogP contribution >= 0.6 is 0 Å². The molecule has 2 rings (SSSR count). The lowest BCUT2D eigenvalue weighted by molar-refractivity contribution is -0.0799. The molecule has 3 nitrogen and oxygen atoms in total. The number of aryl methyl sites for hydroxylation is 1. The lowest BCUT2D eigenvalue weighted by Gasteiger charge is -2.40. The molecule has 0 spiro atoms. The summed E-state index contributed by atoms with van der Waals surface area (Å²) in [5, 5.41) is 0. The van der Waals surface area contributed by atoms with E-state index in [1.165, 1.54) is 11.1 Å². The number of ether oxygens (including phenoxy) is 1. The lowest BCUT2D eigenvalue weighted by Crippen LogP contribution is -2.48. The second-order valence-electron chi connectivity index (χ2n) is 5.32. The highest BCUT2D eigenvalue weighted by Gasteiger charge is 2.28. The topological polar surface area (TPSA) is 38.5 Å². The maximum absolute atomic E-state index is 6.01. The summed E-state index contributed by atoms with van der Waals surface area (Å²) in [4.78, 5) is 2.46. The van der Waals surface area contributed by atoms with Crippen molar-refractivity contribution in [3.05, 3.63) is 35.4 Å². The Morgan fingerprint density at radius 3 is 2.44 bits per heavy atom. The van der Waals surface area contributed by atoms with Gasteiger partial charge in [0, 0.05) is 25.7 Å². The van der Waals surface area contributed by atoms with E-state index in [1.54, 1.807) is 0 Å². The molecule has 2 N–H and O–H groups in total. The quantitative estimate of drug-likeness (QED) is 0.890.